The molecule has 1 heterocycles. The third-order valence-electron chi connectivity index (χ3n) is 3.69. The Morgan fingerprint density at radius 3 is 2.67 bits per heavy atom. The zero-order valence-electron chi connectivity index (χ0n) is 14.5. The number of para-hydroxylation sites is 1. The number of hydrogen-bond donors (Lipinski definition) is 3. The maximum absolute atomic E-state index is 12.4. The molecule has 0 saturated carbocycles. The van der Waals surface area contributed by atoms with Crippen LogP contribution in [-0.4, -0.2) is 16.9 Å². The van der Waals surface area contributed by atoms with E-state index in [1.54, 1.807) is 29.6 Å². The second-order valence-electron chi connectivity index (χ2n) is 5.59. The van der Waals surface area contributed by atoms with E-state index in [0.717, 1.165) is 17.7 Å². The monoisotopic (exact) mass is 400 g/mol. The number of carbonyl (C=O) groups is 2. The van der Waals surface area contributed by atoms with Crippen molar-refractivity contribution in [2.45, 2.75) is 13.3 Å². The molecule has 0 radical (unpaired) electrons. The van der Waals surface area contributed by atoms with Gasteiger partial charge in [0, 0.05) is 21.8 Å². The highest BCUT2D eigenvalue weighted by Gasteiger charge is 2.14. The number of thiazole rings is 1. The Morgan fingerprint density at radius 2 is 1.89 bits per heavy atom. The van der Waals surface area contributed by atoms with Crippen LogP contribution in [0.2, 0.25) is 5.02 Å². The van der Waals surface area contributed by atoms with Gasteiger partial charge in [-0.05, 0) is 36.2 Å². The SMILES string of the molecule is CCc1ccccc1NC(=O)c1csc(NC(=O)Nc2cccc(Cl)c2)n1. The Bertz CT molecular complexity index is 974. The highest BCUT2D eigenvalue weighted by Crippen LogP contribution is 2.20. The van der Waals surface area contributed by atoms with Gasteiger partial charge in [0.05, 0.1) is 0 Å². The van der Waals surface area contributed by atoms with E-state index in [0.29, 0.717) is 15.8 Å². The summed E-state index contributed by atoms with van der Waals surface area (Å²) in [6, 6.07) is 13.9. The summed E-state index contributed by atoms with van der Waals surface area (Å²) in [6.07, 6.45) is 0.810. The molecule has 1 aromatic heterocycles. The number of aromatic nitrogens is 1. The third kappa shape index (κ3) is 5.06. The van der Waals surface area contributed by atoms with Crippen molar-refractivity contribution in [3.05, 3.63) is 70.2 Å². The predicted molar refractivity (Wildman–Crippen MR) is 110 cm³/mol. The minimum absolute atomic E-state index is 0.240. The van der Waals surface area contributed by atoms with Gasteiger partial charge in [0.1, 0.15) is 5.69 Å². The van der Waals surface area contributed by atoms with E-state index in [2.05, 4.69) is 20.9 Å². The second kappa shape index (κ2) is 8.66. The van der Waals surface area contributed by atoms with E-state index in [1.165, 1.54) is 11.3 Å². The average molecular weight is 401 g/mol. The number of anilines is 3. The van der Waals surface area contributed by atoms with Crippen molar-refractivity contribution in [2.24, 2.45) is 0 Å². The minimum Gasteiger partial charge on any atom is -0.320 e. The van der Waals surface area contributed by atoms with Crippen LogP contribution in [0, 0.1) is 0 Å². The van der Waals surface area contributed by atoms with Crippen LogP contribution < -0.4 is 16.0 Å². The Hall–Kier alpha value is -2.90. The van der Waals surface area contributed by atoms with Crippen LogP contribution in [0.25, 0.3) is 0 Å². The first-order valence-electron chi connectivity index (χ1n) is 8.23. The van der Waals surface area contributed by atoms with E-state index in [4.69, 9.17) is 11.6 Å². The Balaban J connectivity index is 1.62. The second-order valence-corrected chi connectivity index (χ2v) is 6.89. The first-order chi connectivity index (χ1) is 13.0. The van der Waals surface area contributed by atoms with Crippen LogP contribution >= 0.6 is 22.9 Å². The van der Waals surface area contributed by atoms with Crippen molar-refractivity contribution < 1.29 is 9.59 Å². The van der Waals surface area contributed by atoms with Gasteiger partial charge in [-0.3, -0.25) is 10.1 Å². The van der Waals surface area contributed by atoms with Gasteiger partial charge in [-0.25, -0.2) is 9.78 Å². The van der Waals surface area contributed by atoms with Gasteiger partial charge in [-0.15, -0.1) is 11.3 Å². The van der Waals surface area contributed by atoms with Crippen LogP contribution in [-0.2, 0) is 6.42 Å². The van der Waals surface area contributed by atoms with Gasteiger partial charge in [-0.2, -0.15) is 0 Å². The molecule has 27 heavy (non-hydrogen) atoms. The lowest BCUT2D eigenvalue weighted by Crippen LogP contribution is -2.19. The highest BCUT2D eigenvalue weighted by molar-refractivity contribution is 7.14. The van der Waals surface area contributed by atoms with Gasteiger partial charge >= 0.3 is 6.03 Å². The summed E-state index contributed by atoms with van der Waals surface area (Å²) in [4.78, 5) is 28.6. The van der Waals surface area contributed by atoms with Gasteiger partial charge < -0.3 is 10.6 Å². The molecule has 0 fully saturated rings. The van der Waals surface area contributed by atoms with Crippen molar-refractivity contribution >= 4 is 51.4 Å². The molecule has 3 aromatic rings. The number of hydrogen-bond acceptors (Lipinski definition) is 4. The van der Waals surface area contributed by atoms with E-state index >= 15 is 0 Å². The fourth-order valence-corrected chi connectivity index (χ4v) is 3.27. The van der Waals surface area contributed by atoms with Crippen LogP contribution in [0.5, 0.6) is 0 Å². The standard InChI is InChI=1S/C19H17ClN4O2S/c1-2-12-6-3-4-9-15(12)22-17(25)16-11-27-19(23-16)24-18(26)21-14-8-5-7-13(20)10-14/h3-11H,2H2,1H3,(H,22,25)(H2,21,23,24,26). The van der Waals surface area contributed by atoms with Crippen LogP contribution in [0.4, 0.5) is 21.3 Å². The van der Waals surface area contributed by atoms with Crippen LogP contribution in [0.15, 0.2) is 53.9 Å². The Labute approximate surface area is 165 Å². The molecule has 2 aromatic carbocycles. The molecule has 0 aliphatic rings. The summed E-state index contributed by atoms with van der Waals surface area (Å²) in [5.74, 6) is -0.324. The van der Waals surface area contributed by atoms with Crippen LogP contribution in [0.1, 0.15) is 23.0 Å². The molecule has 0 saturated heterocycles. The molecule has 138 valence electrons. The van der Waals surface area contributed by atoms with Crippen LogP contribution in [0.3, 0.4) is 0 Å². The summed E-state index contributed by atoms with van der Waals surface area (Å²) >= 11 is 7.06. The number of nitrogens with one attached hydrogen (secondary N) is 3. The molecular weight excluding hydrogens is 384 g/mol. The van der Waals surface area contributed by atoms with E-state index in [9.17, 15) is 9.59 Å². The first-order valence-corrected chi connectivity index (χ1v) is 9.49. The number of urea groups is 1. The largest absolute Gasteiger partial charge is 0.325 e. The lowest BCUT2D eigenvalue weighted by atomic mass is 10.1. The lowest BCUT2D eigenvalue weighted by molar-refractivity contribution is 0.102. The van der Waals surface area contributed by atoms with Gasteiger partial charge in [-0.1, -0.05) is 42.8 Å². The molecule has 0 aliphatic carbocycles. The van der Waals surface area contributed by atoms with E-state index in [1.807, 2.05) is 31.2 Å². The molecule has 8 heteroatoms. The summed E-state index contributed by atoms with van der Waals surface area (Å²) in [5, 5.41) is 10.6. The molecule has 0 unspecified atom stereocenters. The van der Waals surface area contributed by atoms with Crippen molar-refractivity contribution in [2.75, 3.05) is 16.0 Å². The van der Waals surface area contributed by atoms with Crippen molar-refractivity contribution in [3.8, 4) is 0 Å². The van der Waals surface area contributed by atoms with E-state index in [-0.39, 0.29) is 11.6 Å². The molecule has 0 spiro atoms. The summed E-state index contributed by atoms with van der Waals surface area (Å²) < 4.78 is 0. The maximum Gasteiger partial charge on any atom is 0.325 e. The van der Waals surface area contributed by atoms with Crippen molar-refractivity contribution in [3.63, 3.8) is 0 Å². The number of aryl methyl sites for hydroxylation is 1. The van der Waals surface area contributed by atoms with Gasteiger partial charge in [0.15, 0.2) is 5.13 Å². The third-order valence-corrected chi connectivity index (χ3v) is 4.68. The van der Waals surface area contributed by atoms with Crippen molar-refractivity contribution in [1.82, 2.24) is 4.98 Å². The number of halogens is 1. The molecule has 3 amide bonds. The Kier molecular flexibility index (Phi) is 6.05. The Morgan fingerprint density at radius 1 is 1.07 bits per heavy atom. The average Bonchev–Trinajstić information content (AvgIpc) is 3.10. The lowest BCUT2D eigenvalue weighted by Gasteiger charge is -2.08. The molecule has 3 rings (SSSR count). The fraction of sp³-hybridized carbons (Fsp3) is 0.105. The molecule has 0 aliphatic heterocycles. The molecular formula is C19H17ClN4O2S. The fourth-order valence-electron chi connectivity index (χ4n) is 2.40. The normalized spacial score (nSPS) is 10.3. The molecule has 0 bridgehead atoms. The maximum atomic E-state index is 12.4. The highest BCUT2D eigenvalue weighted by atomic mass is 35.5. The van der Waals surface area contributed by atoms with E-state index < -0.39 is 6.03 Å². The number of rotatable bonds is 5. The minimum atomic E-state index is -0.463. The molecule has 0 atom stereocenters. The summed E-state index contributed by atoms with van der Waals surface area (Å²) in [7, 11) is 0. The molecule has 6 nitrogen and oxygen atoms in total. The number of carbonyl (C=O) groups excluding carboxylic acids is 2. The quantitative estimate of drug-likeness (QED) is 0.546. The zero-order valence-corrected chi connectivity index (χ0v) is 16.0. The molecule has 3 N–H and O–H groups in total. The van der Waals surface area contributed by atoms with Gasteiger partial charge in [0.2, 0.25) is 0 Å². The van der Waals surface area contributed by atoms with Gasteiger partial charge in [0.25, 0.3) is 5.91 Å². The summed E-state index contributed by atoms with van der Waals surface area (Å²) in [6.45, 7) is 2.02. The topological polar surface area (TPSA) is 83.1 Å². The zero-order chi connectivity index (χ0) is 19.2. The number of nitrogens with zero attached hydrogens (tertiary/aromatic N) is 1. The number of amides is 3. The first kappa shape index (κ1) is 18.9. The van der Waals surface area contributed by atoms with Crippen molar-refractivity contribution in [1.29, 1.82) is 0 Å². The predicted octanol–water partition coefficient (Wildman–Crippen LogP) is 5.26. The smallest absolute Gasteiger partial charge is 0.320 e. The summed E-state index contributed by atoms with van der Waals surface area (Å²) in [5.41, 5.74) is 2.60. The number of benzene rings is 2.